The fourth-order valence-corrected chi connectivity index (χ4v) is 10.6. The van der Waals surface area contributed by atoms with Crippen LogP contribution in [0.25, 0.3) is 76.8 Å². The van der Waals surface area contributed by atoms with Crippen molar-refractivity contribution in [3.63, 3.8) is 0 Å². The fraction of sp³-hybridized carbons (Fsp3) is 0.0857. The van der Waals surface area contributed by atoms with Gasteiger partial charge in [-0.05, 0) is 157 Å². The molecule has 12 aromatic carbocycles. The molecule has 0 N–H and O–H groups in total. The highest BCUT2D eigenvalue weighted by Crippen LogP contribution is 2.52. The summed E-state index contributed by atoms with van der Waals surface area (Å²) >= 11 is 0. The first-order chi connectivity index (χ1) is 35.1. The van der Waals surface area contributed by atoms with Crippen molar-refractivity contribution in [2.45, 2.75) is 41.5 Å². The zero-order chi connectivity index (χ0) is 49.0. The Balaban J connectivity index is 1.18. The Morgan fingerprint density at radius 1 is 0.208 bits per heavy atom. The largest absolute Gasteiger partial charge is 0.310 e. The summed E-state index contributed by atoms with van der Waals surface area (Å²) in [7, 11) is 0. The summed E-state index contributed by atoms with van der Waals surface area (Å²) < 4.78 is 0. The van der Waals surface area contributed by atoms with Crippen molar-refractivity contribution in [3.05, 3.63) is 264 Å². The van der Waals surface area contributed by atoms with Crippen LogP contribution < -0.4 is 9.80 Å². The third-order valence-electron chi connectivity index (χ3n) is 14.7. The topological polar surface area (TPSA) is 6.48 Å². The van der Waals surface area contributed by atoms with Crippen molar-refractivity contribution in [1.82, 2.24) is 0 Å². The summed E-state index contributed by atoms with van der Waals surface area (Å²) in [5.74, 6) is 0. The van der Waals surface area contributed by atoms with Crippen LogP contribution in [0.1, 0.15) is 33.4 Å². The van der Waals surface area contributed by atoms with Gasteiger partial charge in [0.05, 0.1) is 11.4 Å². The number of anilines is 6. The van der Waals surface area contributed by atoms with Gasteiger partial charge < -0.3 is 9.80 Å². The zero-order valence-electron chi connectivity index (χ0n) is 41.8. The Morgan fingerprint density at radius 2 is 0.417 bits per heavy atom. The number of benzene rings is 12. The van der Waals surface area contributed by atoms with Crippen molar-refractivity contribution >= 4 is 66.4 Å². The second-order valence-corrected chi connectivity index (χ2v) is 19.9. The lowest BCUT2D eigenvalue weighted by Crippen LogP contribution is -2.12. The number of hydrogen-bond acceptors (Lipinski definition) is 2. The third kappa shape index (κ3) is 8.15. The summed E-state index contributed by atoms with van der Waals surface area (Å²) in [5.41, 5.74) is 23.7. The molecular weight excluding hydrogens is 869 g/mol. The third-order valence-corrected chi connectivity index (χ3v) is 14.7. The number of nitrogens with zero attached hydrogens (tertiary/aromatic N) is 2. The molecule has 0 amide bonds. The summed E-state index contributed by atoms with van der Waals surface area (Å²) in [5, 5.41) is 7.33. The minimum Gasteiger partial charge on any atom is -0.310 e. The standard InChI is InChI=1S/C70H56N2/c1-45-7-19-51(20-8-45)53-25-27-56(28-26-53)66-44-68(72(59-35-17-50(6)18-36-59)60-37-29-54(30-38-60)52-21-9-46(2)10-22-52)64-41-39-61-65(55-23-11-47(3)12-24-55)43-67(63-42-40-62(66)70(64)69(61)63)71(57-31-13-48(4)14-32-57)58-33-15-49(5)16-34-58/h7-44H,1-6H3. The number of rotatable bonds is 10. The van der Waals surface area contributed by atoms with E-state index in [0.29, 0.717) is 0 Å². The van der Waals surface area contributed by atoms with Crippen LogP contribution in [0.15, 0.2) is 231 Å². The van der Waals surface area contributed by atoms with E-state index in [1.807, 2.05) is 0 Å². The lowest BCUT2D eigenvalue weighted by Gasteiger charge is -2.31. The molecule has 12 aromatic rings. The average Bonchev–Trinajstić information content (AvgIpc) is 3.41. The molecule has 0 fully saturated rings. The molecule has 0 aliphatic heterocycles. The predicted octanol–water partition coefficient (Wildman–Crippen LogP) is 20.0. The SMILES string of the molecule is Cc1ccc(-c2ccc(-c3cc(N(c4ccc(C)cc4)c4ccc(-c5ccc(C)cc5)cc4)c4ccc5c(-c6ccc(C)cc6)cc(N(c6ccc(C)cc6)c6ccc(C)cc6)c6ccc3c4c56)cc2)cc1. The van der Waals surface area contributed by atoms with Gasteiger partial charge in [0, 0.05) is 44.3 Å². The molecule has 0 atom stereocenters. The Labute approximate surface area is 424 Å². The molecule has 0 aliphatic rings. The van der Waals surface area contributed by atoms with Gasteiger partial charge >= 0.3 is 0 Å². The molecule has 2 heteroatoms. The predicted molar refractivity (Wildman–Crippen MR) is 310 cm³/mol. The summed E-state index contributed by atoms with van der Waals surface area (Å²) in [6.07, 6.45) is 0. The highest BCUT2D eigenvalue weighted by atomic mass is 15.1. The van der Waals surface area contributed by atoms with Crippen LogP contribution in [-0.4, -0.2) is 0 Å². The van der Waals surface area contributed by atoms with Crippen molar-refractivity contribution in [2.24, 2.45) is 0 Å². The Hall–Kier alpha value is -8.72. The molecular formula is C70H56N2. The van der Waals surface area contributed by atoms with E-state index in [9.17, 15) is 0 Å². The van der Waals surface area contributed by atoms with E-state index in [2.05, 4.69) is 282 Å². The molecule has 0 aromatic heterocycles. The van der Waals surface area contributed by atoms with E-state index in [1.165, 1.54) is 110 Å². The van der Waals surface area contributed by atoms with Gasteiger partial charge in [0.25, 0.3) is 0 Å². The molecule has 0 aliphatic carbocycles. The molecule has 0 radical (unpaired) electrons. The van der Waals surface area contributed by atoms with Crippen molar-refractivity contribution in [1.29, 1.82) is 0 Å². The summed E-state index contributed by atoms with van der Waals surface area (Å²) in [4.78, 5) is 4.93. The van der Waals surface area contributed by atoms with Gasteiger partial charge in [-0.15, -0.1) is 0 Å². The fourth-order valence-electron chi connectivity index (χ4n) is 10.6. The molecule has 0 heterocycles. The van der Waals surface area contributed by atoms with Crippen LogP contribution in [0.5, 0.6) is 0 Å². The number of hydrogen-bond donors (Lipinski definition) is 0. The lowest BCUT2D eigenvalue weighted by molar-refractivity contribution is 1.28. The quantitative estimate of drug-likeness (QED) is 0.126. The van der Waals surface area contributed by atoms with E-state index in [4.69, 9.17) is 0 Å². The molecule has 0 saturated carbocycles. The van der Waals surface area contributed by atoms with Crippen LogP contribution in [0.3, 0.4) is 0 Å². The molecule has 0 bridgehead atoms. The van der Waals surface area contributed by atoms with Crippen LogP contribution in [-0.2, 0) is 0 Å². The van der Waals surface area contributed by atoms with Gasteiger partial charge in [0.15, 0.2) is 0 Å². The van der Waals surface area contributed by atoms with Crippen molar-refractivity contribution in [3.8, 4) is 44.5 Å². The summed E-state index contributed by atoms with van der Waals surface area (Å²) in [6, 6.07) is 86.4. The Bertz CT molecular complexity index is 3840. The van der Waals surface area contributed by atoms with E-state index < -0.39 is 0 Å². The highest BCUT2D eigenvalue weighted by Gasteiger charge is 2.26. The first kappa shape index (κ1) is 44.5. The van der Waals surface area contributed by atoms with Crippen molar-refractivity contribution < 1.29 is 0 Å². The minimum absolute atomic E-state index is 1.09. The van der Waals surface area contributed by atoms with Crippen LogP contribution >= 0.6 is 0 Å². The minimum atomic E-state index is 1.09. The maximum atomic E-state index is 2.47. The molecule has 2 nitrogen and oxygen atoms in total. The van der Waals surface area contributed by atoms with Crippen molar-refractivity contribution in [2.75, 3.05) is 9.80 Å². The van der Waals surface area contributed by atoms with Gasteiger partial charge in [-0.25, -0.2) is 0 Å². The van der Waals surface area contributed by atoms with E-state index in [0.717, 1.165) is 34.1 Å². The number of aryl methyl sites for hydroxylation is 6. The van der Waals surface area contributed by atoms with Gasteiger partial charge in [-0.1, -0.05) is 203 Å². The second kappa shape index (κ2) is 18.2. The maximum Gasteiger partial charge on any atom is 0.0546 e. The lowest BCUT2D eigenvalue weighted by atomic mass is 9.85. The molecule has 346 valence electrons. The first-order valence-corrected chi connectivity index (χ1v) is 25.1. The van der Waals surface area contributed by atoms with Gasteiger partial charge in [0.2, 0.25) is 0 Å². The highest BCUT2D eigenvalue weighted by molar-refractivity contribution is 6.32. The van der Waals surface area contributed by atoms with Gasteiger partial charge in [-0.3, -0.25) is 0 Å². The monoisotopic (exact) mass is 924 g/mol. The molecule has 12 rings (SSSR count). The Kier molecular flexibility index (Phi) is 11.3. The van der Waals surface area contributed by atoms with Crippen LogP contribution in [0.4, 0.5) is 34.1 Å². The van der Waals surface area contributed by atoms with Crippen LogP contribution in [0, 0.1) is 41.5 Å². The zero-order valence-corrected chi connectivity index (χ0v) is 41.8. The van der Waals surface area contributed by atoms with E-state index in [1.54, 1.807) is 0 Å². The molecule has 72 heavy (non-hydrogen) atoms. The van der Waals surface area contributed by atoms with Gasteiger partial charge in [-0.2, -0.15) is 0 Å². The molecule has 0 saturated heterocycles. The Morgan fingerprint density at radius 3 is 0.722 bits per heavy atom. The summed E-state index contributed by atoms with van der Waals surface area (Å²) in [6.45, 7) is 12.9. The first-order valence-electron chi connectivity index (χ1n) is 25.1. The second-order valence-electron chi connectivity index (χ2n) is 19.9. The van der Waals surface area contributed by atoms with E-state index in [-0.39, 0.29) is 0 Å². The normalized spacial score (nSPS) is 11.5. The smallest absolute Gasteiger partial charge is 0.0546 e. The molecule has 0 spiro atoms. The molecule has 0 unspecified atom stereocenters. The average molecular weight is 925 g/mol. The van der Waals surface area contributed by atoms with E-state index >= 15 is 0 Å². The maximum absolute atomic E-state index is 2.47. The van der Waals surface area contributed by atoms with Crippen LogP contribution in [0.2, 0.25) is 0 Å². The van der Waals surface area contributed by atoms with Gasteiger partial charge in [0.1, 0.15) is 0 Å².